The molecule has 3 heterocycles. The summed E-state index contributed by atoms with van der Waals surface area (Å²) in [6, 6.07) is 7.81. The van der Waals surface area contributed by atoms with Gasteiger partial charge >= 0.3 is 12.6 Å². The number of aromatic nitrogens is 4. The zero-order chi connectivity index (χ0) is 27.7. The predicted octanol–water partition coefficient (Wildman–Crippen LogP) is 2.63. The molecule has 1 saturated heterocycles. The zero-order valence-electron chi connectivity index (χ0n) is 21.5. The molecule has 3 aromatic rings. The number of hydrogen-bond donors (Lipinski definition) is 3. The van der Waals surface area contributed by atoms with Crippen molar-refractivity contribution in [2.45, 2.75) is 50.9 Å². The van der Waals surface area contributed by atoms with Gasteiger partial charge in [0.2, 0.25) is 0 Å². The van der Waals surface area contributed by atoms with Crippen LogP contribution in [0.2, 0.25) is 0 Å². The predicted molar refractivity (Wildman–Crippen MR) is 141 cm³/mol. The van der Waals surface area contributed by atoms with Gasteiger partial charge in [-0.05, 0) is 44.7 Å². The number of anilines is 1. The van der Waals surface area contributed by atoms with Crippen LogP contribution >= 0.6 is 6.64 Å². The molecule has 3 N–H and O–H groups in total. The van der Waals surface area contributed by atoms with Crippen molar-refractivity contribution in [3.63, 3.8) is 0 Å². The summed E-state index contributed by atoms with van der Waals surface area (Å²) in [5.74, 6) is 0.766. The molecule has 0 spiro atoms. The van der Waals surface area contributed by atoms with Crippen LogP contribution in [-0.2, 0) is 30.6 Å². The van der Waals surface area contributed by atoms with Gasteiger partial charge in [0.1, 0.15) is 29.8 Å². The number of hydrogen-bond acceptors (Lipinski definition) is 11. The van der Waals surface area contributed by atoms with E-state index in [1.54, 1.807) is 51.2 Å². The number of nitrogens with one attached hydrogen (secondary N) is 2. The molecule has 1 fully saturated rings. The molecule has 0 saturated carbocycles. The first kappa shape index (κ1) is 28.3. The van der Waals surface area contributed by atoms with E-state index in [2.05, 4.69) is 25.4 Å². The van der Waals surface area contributed by atoms with Gasteiger partial charge < -0.3 is 28.9 Å². The summed E-state index contributed by atoms with van der Waals surface area (Å²) in [4.78, 5) is 25.0. The van der Waals surface area contributed by atoms with E-state index in [0.717, 1.165) is 0 Å². The van der Waals surface area contributed by atoms with Gasteiger partial charge in [0.05, 0.1) is 20.0 Å². The quantitative estimate of drug-likeness (QED) is 0.244. The maximum absolute atomic E-state index is 16.0. The van der Waals surface area contributed by atoms with Crippen LogP contribution in [0.3, 0.4) is 0 Å². The van der Waals surface area contributed by atoms with Crippen molar-refractivity contribution < 1.29 is 32.8 Å². The van der Waals surface area contributed by atoms with Gasteiger partial charge in [-0.25, -0.2) is 24.4 Å². The maximum atomic E-state index is 16.0. The minimum Gasteiger partial charge on any atom is -0.468 e. The van der Waals surface area contributed by atoms with Crippen LogP contribution in [0.4, 0.5) is 10.2 Å². The fourth-order valence-electron chi connectivity index (χ4n) is 4.07. The SMILES string of the molecule is CNc1nc(C)nc2c1ncn2[C@@H]1O[C@H](COP(=S)(N[C@@H](C)C(=O)OC)Oc2ccccc2)[C@@H](O)[C@@]1(C)F. The number of nitrogens with zero attached hydrogens (tertiary/aromatic N) is 4. The highest BCUT2D eigenvalue weighted by Crippen LogP contribution is 2.48. The Morgan fingerprint density at radius 1 is 1.37 bits per heavy atom. The Kier molecular flexibility index (Phi) is 8.31. The molecule has 12 nitrogen and oxygen atoms in total. The van der Waals surface area contributed by atoms with Crippen LogP contribution in [0.15, 0.2) is 36.7 Å². The topological polar surface area (TPSA) is 142 Å². The maximum Gasteiger partial charge on any atom is 0.323 e. The first-order valence-electron chi connectivity index (χ1n) is 11.7. The highest BCUT2D eigenvalue weighted by atomic mass is 32.5. The van der Waals surface area contributed by atoms with E-state index < -0.39 is 42.8 Å². The summed E-state index contributed by atoms with van der Waals surface area (Å²) < 4.78 is 40.0. The lowest BCUT2D eigenvalue weighted by Gasteiger charge is -2.27. The average molecular weight is 569 g/mol. The van der Waals surface area contributed by atoms with E-state index in [9.17, 15) is 9.90 Å². The minimum absolute atomic E-state index is 0.329. The number of carbonyl (C=O) groups excluding carboxylic acids is 1. The van der Waals surface area contributed by atoms with E-state index >= 15 is 4.39 Å². The Bertz CT molecular complexity index is 1340. The number of rotatable bonds is 10. The summed E-state index contributed by atoms with van der Waals surface area (Å²) in [7, 11) is 2.94. The molecule has 0 bridgehead atoms. The van der Waals surface area contributed by atoms with Crippen molar-refractivity contribution in [1.82, 2.24) is 24.6 Å². The second-order valence-corrected chi connectivity index (χ2v) is 12.0. The number of fused-ring (bicyclic) bond motifs is 1. The molecule has 206 valence electrons. The van der Waals surface area contributed by atoms with Crippen molar-refractivity contribution in [3.8, 4) is 5.75 Å². The van der Waals surface area contributed by atoms with Gasteiger partial charge in [-0.15, -0.1) is 0 Å². The fourth-order valence-corrected chi connectivity index (χ4v) is 6.49. The molecule has 1 aliphatic rings. The molecule has 6 atom stereocenters. The Morgan fingerprint density at radius 2 is 2.08 bits per heavy atom. The third kappa shape index (κ3) is 5.65. The largest absolute Gasteiger partial charge is 0.468 e. The van der Waals surface area contributed by atoms with Crippen molar-refractivity contribution in [3.05, 3.63) is 42.5 Å². The number of carbonyl (C=O) groups is 1. The number of halogens is 1. The van der Waals surface area contributed by atoms with Crippen LogP contribution in [0.1, 0.15) is 25.9 Å². The molecular weight excluding hydrogens is 538 g/mol. The lowest BCUT2D eigenvalue weighted by atomic mass is 9.98. The molecule has 0 radical (unpaired) electrons. The zero-order valence-corrected chi connectivity index (χ0v) is 23.2. The molecule has 38 heavy (non-hydrogen) atoms. The van der Waals surface area contributed by atoms with Gasteiger partial charge in [-0.3, -0.25) is 9.36 Å². The van der Waals surface area contributed by atoms with Crippen molar-refractivity contribution in [2.24, 2.45) is 0 Å². The number of aliphatic hydroxyl groups excluding tert-OH is 1. The number of benzene rings is 1. The van der Waals surface area contributed by atoms with Crippen LogP contribution < -0.4 is 14.9 Å². The number of alkyl halides is 1. The monoisotopic (exact) mass is 568 g/mol. The van der Waals surface area contributed by atoms with E-state index in [0.29, 0.717) is 28.6 Å². The first-order valence-corrected chi connectivity index (χ1v) is 14.4. The Morgan fingerprint density at radius 3 is 2.74 bits per heavy atom. The molecular formula is C23H30FN6O6PS. The second kappa shape index (κ2) is 11.2. The highest BCUT2D eigenvalue weighted by Gasteiger charge is 2.55. The first-order chi connectivity index (χ1) is 18.0. The molecule has 0 amide bonds. The van der Waals surface area contributed by atoms with E-state index in [1.165, 1.54) is 24.9 Å². The molecule has 0 aliphatic carbocycles. The number of imidazole rings is 1. The molecule has 15 heteroatoms. The highest BCUT2D eigenvalue weighted by molar-refractivity contribution is 8.09. The second-order valence-electron chi connectivity index (χ2n) is 8.89. The summed E-state index contributed by atoms with van der Waals surface area (Å²) in [5.41, 5.74) is -1.47. The van der Waals surface area contributed by atoms with Gasteiger partial charge in [-0.2, -0.15) is 0 Å². The summed E-state index contributed by atoms with van der Waals surface area (Å²) >= 11 is 5.65. The van der Waals surface area contributed by atoms with Gasteiger partial charge in [-0.1, -0.05) is 18.2 Å². The summed E-state index contributed by atoms with van der Waals surface area (Å²) in [6.07, 6.45) is -2.60. The molecule has 1 aromatic carbocycles. The van der Waals surface area contributed by atoms with E-state index in [-0.39, 0.29) is 6.61 Å². The number of ether oxygens (including phenoxy) is 2. The number of aliphatic hydroxyl groups is 1. The van der Waals surface area contributed by atoms with Crippen molar-refractivity contribution in [1.29, 1.82) is 0 Å². The summed E-state index contributed by atoms with van der Waals surface area (Å²) in [6.45, 7) is 0.755. The molecule has 4 rings (SSSR count). The third-order valence-electron chi connectivity index (χ3n) is 6.02. The van der Waals surface area contributed by atoms with Crippen molar-refractivity contribution in [2.75, 3.05) is 26.1 Å². The lowest BCUT2D eigenvalue weighted by Crippen LogP contribution is -2.41. The van der Waals surface area contributed by atoms with Gasteiger partial charge in [0.15, 0.2) is 28.9 Å². The van der Waals surface area contributed by atoms with Gasteiger partial charge in [0.25, 0.3) is 0 Å². The Labute approximate surface area is 224 Å². The molecule has 1 aliphatic heterocycles. The van der Waals surface area contributed by atoms with E-state index in [4.69, 9.17) is 30.3 Å². The van der Waals surface area contributed by atoms with Crippen LogP contribution in [-0.4, -0.2) is 75.3 Å². The number of para-hydroxylation sites is 1. The molecule has 2 aromatic heterocycles. The number of methoxy groups -OCH3 is 1. The average Bonchev–Trinajstić information content (AvgIpc) is 3.39. The number of esters is 1. The minimum atomic E-state index is -3.40. The normalized spacial score (nSPS) is 25.6. The number of aryl methyl sites for hydroxylation is 1. The Hall–Kier alpha value is -2.74. The smallest absolute Gasteiger partial charge is 0.323 e. The van der Waals surface area contributed by atoms with Crippen molar-refractivity contribution >= 4 is 41.4 Å². The van der Waals surface area contributed by atoms with E-state index in [1.807, 2.05) is 0 Å². The third-order valence-corrected chi connectivity index (χ3v) is 8.52. The summed E-state index contributed by atoms with van der Waals surface area (Å²) in [5, 5.41) is 16.7. The Balaban J connectivity index is 1.57. The molecule has 1 unspecified atom stereocenters. The van der Waals surface area contributed by atoms with Crippen LogP contribution in [0, 0.1) is 6.92 Å². The standard InChI is InChI=1S/C23H30FN6O6PS/c1-13(21(32)33-5)29-37(38,36-15-9-7-6-8-10-15)34-11-16-18(31)23(3,24)22(35-16)30-12-26-17-19(25-4)27-14(2)28-20(17)30/h6-10,12-13,16,18,22,31H,11H2,1-5H3,(H,29,38)(H,25,27,28)/t13-,16+,18+,22+,23+,37?/m0/s1. The van der Waals surface area contributed by atoms with Crippen LogP contribution in [0.25, 0.3) is 11.2 Å². The van der Waals surface area contributed by atoms with Crippen LogP contribution in [0.5, 0.6) is 5.75 Å². The lowest BCUT2D eigenvalue weighted by molar-refractivity contribution is -0.142. The fraction of sp³-hybridized carbons (Fsp3) is 0.478. The van der Waals surface area contributed by atoms with Gasteiger partial charge in [0, 0.05) is 7.05 Å².